The lowest BCUT2D eigenvalue weighted by Crippen LogP contribution is -2.37. The van der Waals surface area contributed by atoms with Gasteiger partial charge in [0, 0.05) is 24.4 Å². The van der Waals surface area contributed by atoms with E-state index < -0.39 is 12.0 Å². The Balaban J connectivity index is 1.62. The van der Waals surface area contributed by atoms with Crippen molar-refractivity contribution >= 4 is 29.4 Å². The monoisotopic (exact) mass is 454 g/mol. The molecule has 7 heteroatoms. The molecule has 0 saturated heterocycles. The molecule has 0 spiro atoms. The first-order valence-electron chi connectivity index (χ1n) is 10.7. The smallest absolute Gasteiger partial charge is 0.306 e. The number of hydrogen-bond donors (Lipinski definition) is 2. The number of halogens is 1. The number of amides is 2. The van der Waals surface area contributed by atoms with Gasteiger partial charge in [0.05, 0.1) is 12.5 Å². The molecular weight excluding hydrogens is 428 g/mol. The summed E-state index contributed by atoms with van der Waals surface area (Å²) in [5.74, 6) is -1.26. The minimum absolute atomic E-state index is 0.0690. The predicted octanol–water partition coefficient (Wildman–Crippen LogP) is 4.10. The highest BCUT2D eigenvalue weighted by Crippen LogP contribution is 2.19. The highest BCUT2D eigenvalue weighted by atomic mass is 35.5. The average molecular weight is 455 g/mol. The molecule has 2 atom stereocenters. The van der Waals surface area contributed by atoms with Crippen molar-refractivity contribution < 1.29 is 19.1 Å². The number of allylic oxidation sites excluding steroid dienone is 2. The summed E-state index contributed by atoms with van der Waals surface area (Å²) < 4.78 is 5.59. The third-order valence-corrected chi connectivity index (χ3v) is 5.47. The third kappa shape index (κ3) is 7.54. The van der Waals surface area contributed by atoms with E-state index in [4.69, 9.17) is 16.3 Å². The maximum absolute atomic E-state index is 12.9. The minimum Gasteiger partial charge on any atom is -0.456 e. The number of cyclic esters (lactones) is 1. The molecule has 0 saturated carbocycles. The van der Waals surface area contributed by atoms with Gasteiger partial charge in [0.15, 0.2) is 0 Å². The van der Waals surface area contributed by atoms with Crippen molar-refractivity contribution in [3.05, 3.63) is 82.9 Å². The van der Waals surface area contributed by atoms with Crippen molar-refractivity contribution in [2.75, 3.05) is 6.54 Å². The van der Waals surface area contributed by atoms with Crippen LogP contribution in [-0.4, -0.2) is 24.3 Å². The van der Waals surface area contributed by atoms with Crippen LogP contribution < -0.4 is 10.6 Å². The maximum atomic E-state index is 12.9. The Labute approximate surface area is 193 Å². The summed E-state index contributed by atoms with van der Waals surface area (Å²) in [6.45, 7) is 0.521. The molecule has 2 aromatic rings. The largest absolute Gasteiger partial charge is 0.456 e. The summed E-state index contributed by atoms with van der Waals surface area (Å²) >= 11 is 5.89. The quantitative estimate of drug-likeness (QED) is 0.526. The van der Waals surface area contributed by atoms with Gasteiger partial charge in [0.2, 0.25) is 11.8 Å². The van der Waals surface area contributed by atoms with E-state index in [-0.39, 0.29) is 37.2 Å². The van der Waals surface area contributed by atoms with Crippen molar-refractivity contribution in [3.63, 3.8) is 0 Å². The minimum atomic E-state index is -0.574. The summed E-state index contributed by atoms with van der Waals surface area (Å²) in [6.07, 6.45) is 4.41. The summed E-state index contributed by atoms with van der Waals surface area (Å²) in [4.78, 5) is 37.5. The number of carbonyl (C=O) groups is 3. The molecule has 0 radical (unpaired) electrons. The van der Waals surface area contributed by atoms with E-state index in [1.165, 1.54) is 0 Å². The van der Waals surface area contributed by atoms with Crippen LogP contribution in [0.5, 0.6) is 0 Å². The van der Waals surface area contributed by atoms with Crippen molar-refractivity contribution in [2.24, 2.45) is 5.92 Å². The van der Waals surface area contributed by atoms with Gasteiger partial charge in [-0.2, -0.15) is 0 Å². The lowest BCUT2D eigenvalue weighted by molar-refractivity contribution is -0.150. The van der Waals surface area contributed by atoms with Gasteiger partial charge < -0.3 is 15.4 Å². The van der Waals surface area contributed by atoms with Crippen molar-refractivity contribution in [1.82, 2.24) is 10.6 Å². The van der Waals surface area contributed by atoms with Gasteiger partial charge in [0.1, 0.15) is 6.10 Å². The molecule has 1 aliphatic heterocycles. The molecule has 32 heavy (non-hydrogen) atoms. The van der Waals surface area contributed by atoms with Crippen LogP contribution in [0.1, 0.15) is 42.9 Å². The molecule has 0 aromatic heterocycles. The second-order valence-corrected chi connectivity index (χ2v) is 8.12. The number of benzene rings is 2. The van der Waals surface area contributed by atoms with Gasteiger partial charge in [-0.15, -0.1) is 0 Å². The van der Waals surface area contributed by atoms with Gasteiger partial charge in [-0.05, 0) is 36.1 Å². The number of carbonyl (C=O) groups excluding carboxylic acids is 3. The molecule has 2 N–H and O–H groups in total. The van der Waals surface area contributed by atoms with Crippen LogP contribution in [0.25, 0.3) is 0 Å². The third-order valence-electron chi connectivity index (χ3n) is 5.21. The molecule has 2 aromatic carbocycles. The Morgan fingerprint density at radius 1 is 1.06 bits per heavy atom. The fourth-order valence-corrected chi connectivity index (χ4v) is 3.54. The summed E-state index contributed by atoms with van der Waals surface area (Å²) in [6, 6.07) is 16.5. The molecule has 3 rings (SSSR count). The molecule has 0 aliphatic carbocycles. The number of ether oxygens (including phenoxy) is 1. The van der Waals surface area contributed by atoms with E-state index in [1.807, 2.05) is 54.6 Å². The standard InChI is InChI=1S/C25H27ClN2O4/c26-21-13-11-18(12-14-21)16-27-23(29)15-20-9-5-2-6-10-24(30)32-22(17-28-25(20)31)19-7-3-1-4-8-19/h1-5,7-8,11-14,20,22H,6,9-10,15-17H2,(H,27,29)(H,28,31)/b5-2+/t20-,22+/m0/s1. The number of nitrogens with one attached hydrogen (secondary N) is 2. The molecule has 0 bridgehead atoms. The topological polar surface area (TPSA) is 84.5 Å². The first-order valence-corrected chi connectivity index (χ1v) is 11.1. The fraction of sp³-hybridized carbons (Fsp3) is 0.320. The molecule has 0 unspecified atom stereocenters. The van der Waals surface area contributed by atoms with E-state index in [2.05, 4.69) is 10.6 Å². The number of esters is 1. The molecule has 6 nitrogen and oxygen atoms in total. The zero-order valence-corrected chi connectivity index (χ0v) is 18.5. The molecule has 0 fully saturated rings. The maximum Gasteiger partial charge on any atom is 0.306 e. The van der Waals surface area contributed by atoms with Crippen LogP contribution in [-0.2, 0) is 25.7 Å². The molecular formula is C25H27ClN2O4. The van der Waals surface area contributed by atoms with Gasteiger partial charge in [-0.3, -0.25) is 14.4 Å². The first kappa shape index (κ1) is 23.5. The number of hydrogen-bond acceptors (Lipinski definition) is 4. The Morgan fingerprint density at radius 3 is 2.56 bits per heavy atom. The Kier molecular flexibility index (Phi) is 8.87. The van der Waals surface area contributed by atoms with Gasteiger partial charge in [-0.25, -0.2) is 0 Å². The lowest BCUT2D eigenvalue weighted by Gasteiger charge is -2.21. The summed E-state index contributed by atoms with van der Waals surface area (Å²) in [5.41, 5.74) is 1.74. The molecule has 2 amide bonds. The molecule has 1 heterocycles. The molecule has 168 valence electrons. The van der Waals surface area contributed by atoms with Crippen LogP contribution >= 0.6 is 11.6 Å². The van der Waals surface area contributed by atoms with Crippen LogP contribution in [0.3, 0.4) is 0 Å². The van der Waals surface area contributed by atoms with Crippen LogP contribution in [0.15, 0.2) is 66.7 Å². The van der Waals surface area contributed by atoms with E-state index in [0.717, 1.165) is 11.1 Å². The van der Waals surface area contributed by atoms with Gasteiger partial charge in [0.25, 0.3) is 0 Å². The highest BCUT2D eigenvalue weighted by molar-refractivity contribution is 6.30. The number of rotatable bonds is 5. The van der Waals surface area contributed by atoms with Crippen molar-refractivity contribution in [2.45, 2.75) is 38.3 Å². The van der Waals surface area contributed by atoms with Crippen molar-refractivity contribution in [1.29, 1.82) is 0 Å². The fourth-order valence-electron chi connectivity index (χ4n) is 3.41. The Morgan fingerprint density at radius 2 is 1.81 bits per heavy atom. The molecule has 1 aliphatic rings. The highest BCUT2D eigenvalue weighted by Gasteiger charge is 2.24. The summed E-state index contributed by atoms with van der Waals surface area (Å²) in [5, 5.41) is 6.35. The van der Waals surface area contributed by atoms with E-state index in [0.29, 0.717) is 24.4 Å². The van der Waals surface area contributed by atoms with Crippen LogP contribution in [0.4, 0.5) is 0 Å². The van der Waals surface area contributed by atoms with Gasteiger partial charge >= 0.3 is 5.97 Å². The first-order chi connectivity index (χ1) is 15.5. The zero-order valence-electron chi connectivity index (χ0n) is 17.8. The van der Waals surface area contributed by atoms with E-state index in [1.54, 1.807) is 12.1 Å². The Bertz CT molecular complexity index is 944. The van der Waals surface area contributed by atoms with E-state index >= 15 is 0 Å². The lowest BCUT2D eigenvalue weighted by atomic mass is 9.98. The Hall–Kier alpha value is -3.12. The van der Waals surface area contributed by atoms with E-state index in [9.17, 15) is 14.4 Å². The normalized spacial score (nSPS) is 20.8. The second kappa shape index (κ2) is 12.1. The summed E-state index contributed by atoms with van der Waals surface area (Å²) in [7, 11) is 0. The zero-order chi connectivity index (χ0) is 22.8. The average Bonchev–Trinajstić information content (AvgIpc) is 2.80. The van der Waals surface area contributed by atoms with Crippen LogP contribution in [0.2, 0.25) is 5.02 Å². The van der Waals surface area contributed by atoms with Gasteiger partial charge in [-0.1, -0.05) is 66.2 Å². The van der Waals surface area contributed by atoms with Crippen LogP contribution in [0, 0.1) is 5.92 Å². The predicted molar refractivity (Wildman–Crippen MR) is 123 cm³/mol. The second-order valence-electron chi connectivity index (χ2n) is 7.68. The van der Waals surface area contributed by atoms with Crippen molar-refractivity contribution in [3.8, 4) is 0 Å². The SMILES string of the molecule is O=C(C[C@@H]1C/C=C/CCC(=O)O[C@@H](c2ccccc2)CNC1=O)NCc1ccc(Cl)cc1.